The second-order valence-corrected chi connectivity index (χ2v) is 6.94. The van der Waals surface area contributed by atoms with E-state index in [1.54, 1.807) is 14.2 Å². The Bertz CT molecular complexity index is 502. The Hall–Kier alpha value is -1.30. The van der Waals surface area contributed by atoms with Crippen molar-refractivity contribution in [3.05, 3.63) is 23.8 Å². The van der Waals surface area contributed by atoms with Crippen LogP contribution >= 0.6 is 0 Å². The number of aliphatic hydroxyl groups is 1. The molecular weight excluding hydrogens is 306 g/mol. The van der Waals surface area contributed by atoms with E-state index in [0.29, 0.717) is 31.7 Å². The molecule has 1 aromatic rings. The lowest BCUT2D eigenvalue weighted by Crippen LogP contribution is -2.36. The van der Waals surface area contributed by atoms with Crippen LogP contribution in [0.25, 0.3) is 0 Å². The molecule has 1 aliphatic rings. The highest BCUT2D eigenvalue weighted by atomic mass is 16.5. The minimum absolute atomic E-state index is 0.396. The first-order valence-electron chi connectivity index (χ1n) is 8.74. The van der Waals surface area contributed by atoms with Crippen LogP contribution in [0, 0.1) is 5.92 Å². The molecule has 0 amide bonds. The van der Waals surface area contributed by atoms with E-state index in [0.717, 1.165) is 23.6 Å². The Kier molecular flexibility index (Phi) is 7.34. The van der Waals surface area contributed by atoms with Crippen molar-refractivity contribution in [1.29, 1.82) is 0 Å². The fourth-order valence-electron chi connectivity index (χ4n) is 2.76. The summed E-state index contributed by atoms with van der Waals surface area (Å²) < 4.78 is 16.2. The molecule has 1 aliphatic carbocycles. The van der Waals surface area contributed by atoms with Gasteiger partial charge in [-0.15, -0.1) is 0 Å². The quantitative estimate of drug-likeness (QED) is 0.673. The summed E-state index contributed by atoms with van der Waals surface area (Å²) in [5.74, 6) is 1.97. The lowest BCUT2D eigenvalue weighted by Gasteiger charge is -2.25. The molecule has 1 aromatic carbocycles. The average Bonchev–Trinajstić information content (AvgIpc) is 3.38. The van der Waals surface area contributed by atoms with Crippen molar-refractivity contribution in [3.8, 4) is 11.5 Å². The highest BCUT2D eigenvalue weighted by molar-refractivity contribution is 5.42. The molecule has 0 heterocycles. The summed E-state index contributed by atoms with van der Waals surface area (Å²) >= 11 is 0. The van der Waals surface area contributed by atoms with Gasteiger partial charge < -0.3 is 19.3 Å². The predicted octanol–water partition coefficient (Wildman–Crippen LogP) is 2.70. The Morgan fingerprint density at radius 1 is 1.12 bits per heavy atom. The number of rotatable bonds is 11. The summed E-state index contributed by atoms with van der Waals surface area (Å²) in [4.78, 5) is 2.34. The molecule has 0 saturated heterocycles. The molecule has 5 nitrogen and oxygen atoms in total. The minimum Gasteiger partial charge on any atom is -0.493 e. The van der Waals surface area contributed by atoms with Gasteiger partial charge in [0.05, 0.1) is 26.9 Å². The predicted molar refractivity (Wildman–Crippen MR) is 94.6 cm³/mol. The summed E-state index contributed by atoms with van der Waals surface area (Å²) in [7, 11) is 3.29. The maximum atomic E-state index is 10.3. The van der Waals surface area contributed by atoms with Gasteiger partial charge in [0.25, 0.3) is 0 Å². The summed E-state index contributed by atoms with van der Waals surface area (Å²) in [6.45, 7) is 6.74. The van der Waals surface area contributed by atoms with E-state index in [-0.39, 0.29) is 0 Å². The van der Waals surface area contributed by atoms with E-state index in [1.807, 2.05) is 12.1 Å². The molecule has 0 aromatic heterocycles. The Morgan fingerprint density at radius 2 is 1.83 bits per heavy atom. The summed E-state index contributed by atoms with van der Waals surface area (Å²) in [6, 6.07) is 6.56. The van der Waals surface area contributed by atoms with Crippen molar-refractivity contribution < 1.29 is 19.3 Å². The molecule has 1 atom stereocenters. The second-order valence-electron chi connectivity index (χ2n) is 6.94. The SMILES string of the molecule is COc1ccc(CN(C[C@@H](O)COCC(C)C)C2CC2)cc1OC. The number of nitrogens with zero attached hydrogens (tertiary/aromatic N) is 1. The standard InChI is InChI=1S/C19H31NO4/c1-14(2)12-24-13-17(21)11-20(16-6-7-16)10-15-5-8-18(22-3)19(9-15)23-4/h5,8-9,14,16-17,21H,6-7,10-13H2,1-4H3/t17-/m1/s1. The number of hydrogen-bond acceptors (Lipinski definition) is 5. The van der Waals surface area contributed by atoms with Crippen molar-refractivity contribution >= 4 is 0 Å². The molecule has 0 bridgehead atoms. The van der Waals surface area contributed by atoms with Crippen LogP contribution in [0.5, 0.6) is 11.5 Å². The Balaban J connectivity index is 1.91. The van der Waals surface area contributed by atoms with Gasteiger partial charge in [-0.1, -0.05) is 19.9 Å². The van der Waals surface area contributed by atoms with Crippen molar-refractivity contribution in [2.45, 2.75) is 45.4 Å². The van der Waals surface area contributed by atoms with Crippen LogP contribution in [-0.2, 0) is 11.3 Å². The number of aliphatic hydroxyl groups excluding tert-OH is 1. The number of methoxy groups -OCH3 is 2. The van der Waals surface area contributed by atoms with E-state index in [9.17, 15) is 5.11 Å². The van der Waals surface area contributed by atoms with Crippen LogP contribution in [0.1, 0.15) is 32.3 Å². The maximum absolute atomic E-state index is 10.3. The first-order valence-corrected chi connectivity index (χ1v) is 8.74. The molecule has 0 spiro atoms. The van der Waals surface area contributed by atoms with E-state index >= 15 is 0 Å². The molecule has 0 radical (unpaired) electrons. The maximum Gasteiger partial charge on any atom is 0.161 e. The third-order valence-corrected chi connectivity index (χ3v) is 4.10. The Morgan fingerprint density at radius 3 is 2.42 bits per heavy atom. The highest BCUT2D eigenvalue weighted by Gasteiger charge is 2.30. The number of benzene rings is 1. The van der Waals surface area contributed by atoms with Gasteiger partial charge in [0.15, 0.2) is 11.5 Å². The molecule has 0 unspecified atom stereocenters. The van der Waals surface area contributed by atoms with E-state index in [1.165, 1.54) is 12.8 Å². The van der Waals surface area contributed by atoms with Crippen molar-refractivity contribution in [1.82, 2.24) is 4.90 Å². The topological polar surface area (TPSA) is 51.2 Å². The minimum atomic E-state index is -0.454. The summed E-state index contributed by atoms with van der Waals surface area (Å²) in [6.07, 6.45) is 1.95. The van der Waals surface area contributed by atoms with Gasteiger partial charge in [-0.2, -0.15) is 0 Å². The van der Waals surface area contributed by atoms with E-state index < -0.39 is 6.10 Å². The van der Waals surface area contributed by atoms with Gasteiger partial charge >= 0.3 is 0 Å². The molecule has 1 fully saturated rings. The van der Waals surface area contributed by atoms with Gasteiger partial charge in [-0.25, -0.2) is 0 Å². The molecular formula is C19H31NO4. The lowest BCUT2D eigenvalue weighted by molar-refractivity contribution is 0.00547. The van der Waals surface area contributed by atoms with E-state index in [4.69, 9.17) is 14.2 Å². The molecule has 0 aliphatic heterocycles. The van der Waals surface area contributed by atoms with Crippen LogP contribution in [0.3, 0.4) is 0 Å². The lowest BCUT2D eigenvalue weighted by atomic mass is 10.1. The zero-order valence-electron chi connectivity index (χ0n) is 15.3. The second kappa shape index (κ2) is 9.25. The molecule has 136 valence electrons. The molecule has 2 rings (SSSR count). The Labute approximate surface area is 145 Å². The fourth-order valence-corrected chi connectivity index (χ4v) is 2.76. The fraction of sp³-hybridized carbons (Fsp3) is 0.684. The molecule has 24 heavy (non-hydrogen) atoms. The first-order chi connectivity index (χ1) is 11.5. The molecule has 1 saturated carbocycles. The van der Waals surface area contributed by atoms with Gasteiger partial charge in [0, 0.05) is 25.7 Å². The van der Waals surface area contributed by atoms with Gasteiger partial charge in [0.1, 0.15) is 0 Å². The molecule has 1 N–H and O–H groups in total. The zero-order chi connectivity index (χ0) is 17.5. The van der Waals surface area contributed by atoms with Crippen molar-refractivity contribution in [2.24, 2.45) is 5.92 Å². The third-order valence-electron chi connectivity index (χ3n) is 4.10. The third kappa shape index (κ3) is 5.96. The zero-order valence-corrected chi connectivity index (χ0v) is 15.3. The van der Waals surface area contributed by atoms with E-state index in [2.05, 4.69) is 24.8 Å². The van der Waals surface area contributed by atoms with Crippen molar-refractivity contribution in [3.63, 3.8) is 0 Å². The van der Waals surface area contributed by atoms with Crippen LogP contribution in [0.2, 0.25) is 0 Å². The number of hydrogen-bond donors (Lipinski definition) is 1. The van der Waals surface area contributed by atoms with Crippen molar-refractivity contribution in [2.75, 3.05) is 34.0 Å². The van der Waals surface area contributed by atoms with Gasteiger partial charge in [-0.05, 0) is 36.5 Å². The van der Waals surface area contributed by atoms with Gasteiger partial charge in [0.2, 0.25) is 0 Å². The summed E-state index contributed by atoms with van der Waals surface area (Å²) in [5, 5.41) is 10.3. The normalized spacial score (nSPS) is 15.8. The highest BCUT2D eigenvalue weighted by Crippen LogP contribution is 2.31. The summed E-state index contributed by atoms with van der Waals surface area (Å²) in [5.41, 5.74) is 1.16. The van der Waals surface area contributed by atoms with Gasteiger partial charge in [-0.3, -0.25) is 4.90 Å². The monoisotopic (exact) mass is 337 g/mol. The van der Waals surface area contributed by atoms with Crippen LogP contribution in [-0.4, -0.2) is 56.1 Å². The molecule has 5 heteroatoms. The largest absolute Gasteiger partial charge is 0.493 e. The average molecular weight is 337 g/mol. The number of ether oxygens (including phenoxy) is 3. The first kappa shape index (κ1) is 19.0. The smallest absolute Gasteiger partial charge is 0.161 e. The van der Waals surface area contributed by atoms with Crippen LogP contribution < -0.4 is 9.47 Å². The van der Waals surface area contributed by atoms with Crippen LogP contribution in [0.4, 0.5) is 0 Å². The van der Waals surface area contributed by atoms with Crippen LogP contribution in [0.15, 0.2) is 18.2 Å².